The maximum absolute atomic E-state index is 4.87. The van der Waals surface area contributed by atoms with E-state index in [1.807, 2.05) is 12.4 Å². The Bertz CT molecular complexity index is 564. The quantitative estimate of drug-likeness (QED) is 0.878. The summed E-state index contributed by atoms with van der Waals surface area (Å²) >= 11 is 0. The van der Waals surface area contributed by atoms with Crippen LogP contribution in [0.2, 0.25) is 0 Å². The third-order valence-electron chi connectivity index (χ3n) is 4.14. The number of rotatable bonds is 2. The molecule has 0 radical (unpaired) electrons. The summed E-state index contributed by atoms with van der Waals surface area (Å²) in [6, 6.07) is 2.81. The van der Waals surface area contributed by atoms with Crippen molar-refractivity contribution in [2.24, 2.45) is 0 Å². The van der Waals surface area contributed by atoms with E-state index in [1.54, 1.807) is 0 Å². The SMILES string of the molecule is c1cc2c(cn1)nc(C1CCNCC1)n2C1CC1. The molecule has 2 aliphatic rings. The van der Waals surface area contributed by atoms with E-state index >= 15 is 0 Å². The summed E-state index contributed by atoms with van der Waals surface area (Å²) in [5.41, 5.74) is 2.35. The van der Waals surface area contributed by atoms with Crippen LogP contribution in [0.3, 0.4) is 0 Å². The Morgan fingerprint density at radius 2 is 2.00 bits per heavy atom. The maximum atomic E-state index is 4.87. The molecule has 0 spiro atoms. The zero-order valence-electron chi connectivity index (χ0n) is 10.5. The topological polar surface area (TPSA) is 42.7 Å². The summed E-state index contributed by atoms with van der Waals surface area (Å²) in [5.74, 6) is 1.93. The zero-order valence-corrected chi connectivity index (χ0v) is 10.5. The number of nitrogens with one attached hydrogen (secondary N) is 1. The summed E-state index contributed by atoms with van der Waals surface area (Å²) in [5, 5.41) is 3.43. The average molecular weight is 242 g/mol. The molecule has 0 atom stereocenters. The van der Waals surface area contributed by atoms with Gasteiger partial charge in [0.2, 0.25) is 0 Å². The minimum atomic E-state index is 0.624. The molecule has 0 bridgehead atoms. The van der Waals surface area contributed by atoms with Gasteiger partial charge in [-0.25, -0.2) is 4.98 Å². The fourth-order valence-corrected chi connectivity index (χ4v) is 3.05. The van der Waals surface area contributed by atoms with Crippen LogP contribution in [0, 0.1) is 0 Å². The lowest BCUT2D eigenvalue weighted by atomic mass is 9.97. The molecule has 4 rings (SSSR count). The van der Waals surface area contributed by atoms with E-state index in [0.29, 0.717) is 12.0 Å². The number of piperidine rings is 1. The molecule has 3 heterocycles. The van der Waals surface area contributed by atoms with Crippen molar-refractivity contribution in [2.45, 2.75) is 37.6 Å². The van der Waals surface area contributed by atoms with Crippen molar-refractivity contribution in [2.75, 3.05) is 13.1 Å². The molecular formula is C14H18N4. The van der Waals surface area contributed by atoms with Gasteiger partial charge in [0.25, 0.3) is 0 Å². The van der Waals surface area contributed by atoms with Crippen molar-refractivity contribution in [3.63, 3.8) is 0 Å². The van der Waals surface area contributed by atoms with Crippen LogP contribution in [-0.4, -0.2) is 27.6 Å². The van der Waals surface area contributed by atoms with Crippen LogP contribution in [0.1, 0.15) is 43.5 Å². The predicted molar refractivity (Wildman–Crippen MR) is 70.6 cm³/mol. The standard InChI is InChI=1S/C14H18N4/c1-2-11(1)18-13-5-8-16-9-12(13)17-14(18)10-3-6-15-7-4-10/h5,8-11,15H,1-4,6-7H2. The van der Waals surface area contributed by atoms with Gasteiger partial charge < -0.3 is 9.88 Å². The van der Waals surface area contributed by atoms with Gasteiger partial charge >= 0.3 is 0 Å². The average Bonchev–Trinajstić information content (AvgIpc) is 3.19. The zero-order chi connectivity index (χ0) is 11.9. The Morgan fingerprint density at radius 1 is 1.17 bits per heavy atom. The number of fused-ring (bicyclic) bond motifs is 1. The first-order valence-corrected chi connectivity index (χ1v) is 6.96. The monoisotopic (exact) mass is 242 g/mol. The van der Waals surface area contributed by atoms with Crippen LogP contribution in [0.4, 0.5) is 0 Å². The van der Waals surface area contributed by atoms with E-state index in [4.69, 9.17) is 4.98 Å². The Balaban J connectivity index is 1.84. The second-order valence-corrected chi connectivity index (χ2v) is 5.46. The smallest absolute Gasteiger partial charge is 0.113 e. The molecule has 1 saturated heterocycles. The highest BCUT2D eigenvalue weighted by molar-refractivity contribution is 5.75. The lowest BCUT2D eigenvalue weighted by Crippen LogP contribution is -2.28. The number of hydrogen-bond donors (Lipinski definition) is 1. The summed E-state index contributed by atoms with van der Waals surface area (Å²) in [4.78, 5) is 9.07. The summed E-state index contributed by atoms with van der Waals surface area (Å²) in [6.45, 7) is 2.24. The van der Waals surface area contributed by atoms with Gasteiger partial charge in [0.15, 0.2) is 0 Å². The summed E-state index contributed by atoms with van der Waals surface area (Å²) in [7, 11) is 0. The van der Waals surface area contributed by atoms with Crippen LogP contribution in [0.25, 0.3) is 11.0 Å². The van der Waals surface area contributed by atoms with E-state index < -0.39 is 0 Å². The van der Waals surface area contributed by atoms with Crippen molar-refractivity contribution >= 4 is 11.0 Å². The number of aromatic nitrogens is 3. The Morgan fingerprint density at radius 3 is 2.78 bits per heavy atom. The van der Waals surface area contributed by atoms with E-state index in [9.17, 15) is 0 Å². The second-order valence-electron chi connectivity index (χ2n) is 5.46. The van der Waals surface area contributed by atoms with Crippen LogP contribution in [-0.2, 0) is 0 Å². The normalized spacial score (nSPS) is 21.6. The Hall–Kier alpha value is -1.42. The molecular weight excluding hydrogens is 224 g/mol. The van der Waals surface area contributed by atoms with Gasteiger partial charge in [-0.15, -0.1) is 0 Å². The number of imidazole rings is 1. The molecule has 0 aromatic carbocycles. The molecule has 18 heavy (non-hydrogen) atoms. The largest absolute Gasteiger partial charge is 0.325 e. The van der Waals surface area contributed by atoms with Crippen LogP contribution in [0.5, 0.6) is 0 Å². The molecule has 4 heteroatoms. The highest BCUT2D eigenvalue weighted by atomic mass is 15.1. The number of hydrogen-bond acceptors (Lipinski definition) is 3. The molecule has 4 nitrogen and oxygen atoms in total. The summed E-state index contributed by atoms with van der Waals surface area (Å²) < 4.78 is 2.49. The van der Waals surface area contributed by atoms with Crippen molar-refractivity contribution in [1.29, 1.82) is 0 Å². The molecule has 2 fully saturated rings. The molecule has 1 saturated carbocycles. The molecule has 2 aromatic heterocycles. The summed E-state index contributed by atoms with van der Waals surface area (Å²) in [6.07, 6.45) is 8.83. The first kappa shape index (κ1) is 10.5. The molecule has 0 unspecified atom stereocenters. The third kappa shape index (κ3) is 1.63. The van der Waals surface area contributed by atoms with Gasteiger partial charge in [-0.3, -0.25) is 4.98 Å². The first-order valence-electron chi connectivity index (χ1n) is 6.96. The van der Waals surface area contributed by atoms with Crippen molar-refractivity contribution in [3.8, 4) is 0 Å². The Kier molecular flexibility index (Phi) is 2.36. The fourth-order valence-electron chi connectivity index (χ4n) is 3.05. The van der Waals surface area contributed by atoms with Crippen molar-refractivity contribution < 1.29 is 0 Å². The van der Waals surface area contributed by atoms with Gasteiger partial charge in [-0.1, -0.05) is 0 Å². The van der Waals surface area contributed by atoms with Crippen molar-refractivity contribution in [1.82, 2.24) is 19.9 Å². The molecule has 1 aliphatic carbocycles. The van der Waals surface area contributed by atoms with Gasteiger partial charge in [0.1, 0.15) is 11.3 Å². The van der Waals surface area contributed by atoms with Crippen LogP contribution < -0.4 is 5.32 Å². The van der Waals surface area contributed by atoms with Gasteiger partial charge in [0.05, 0.1) is 11.7 Å². The molecule has 2 aromatic rings. The number of nitrogens with zero attached hydrogens (tertiary/aromatic N) is 3. The molecule has 0 amide bonds. The highest BCUT2D eigenvalue weighted by Gasteiger charge is 2.31. The number of pyridine rings is 1. The first-order chi connectivity index (χ1) is 8.93. The van der Waals surface area contributed by atoms with Crippen LogP contribution >= 0.6 is 0 Å². The molecule has 1 N–H and O–H groups in total. The third-order valence-corrected chi connectivity index (χ3v) is 4.14. The molecule has 94 valence electrons. The lowest BCUT2D eigenvalue weighted by molar-refractivity contribution is 0.433. The minimum absolute atomic E-state index is 0.624. The van der Waals surface area contributed by atoms with E-state index in [1.165, 1.54) is 37.0 Å². The highest BCUT2D eigenvalue weighted by Crippen LogP contribution is 2.41. The lowest BCUT2D eigenvalue weighted by Gasteiger charge is -2.23. The Labute approximate surface area is 106 Å². The van der Waals surface area contributed by atoms with Gasteiger partial charge in [-0.05, 0) is 44.8 Å². The molecule has 1 aliphatic heterocycles. The van der Waals surface area contributed by atoms with Gasteiger partial charge in [-0.2, -0.15) is 0 Å². The van der Waals surface area contributed by atoms with Crippen LogP contribution in [0.15, 0.2) is 18.5 Å². The van der Waals surface area contributed by atoms with Gasteiger partial charge in [0, 0.05) is 18.2 Å². The van der Waals surface area contributed by atoms with E-state index in [-0.39, 0.29) is 0 Å². The maximum Gasteiger partial charge on any atom is 0.113 e. The van der Waals surface area contributed by atoms with E-state index in [2.05, 4.69) is 20.9 Å². The predicted octanol–water partition coefficient (Wildman–Crippen LogP) is 2.23. The minimum Gasteiger partial charge on any atom is -0.325 e. The van der Waals surface area contributed by atoms with E-state index in [0.717, 1.165) is 18.6 Å². The second kappa shape index (κ2) is 4.05. The fraction of sp³-hybridized carbons (Fsp3) is 0.571. The van der Waals surface area contributed by atoms with Crippen molar-refractivity contribution in [3.05, 3.63) is 24.3 Å².